The summed E-state index contributed by atoms with van der Waals surface area (Å²) in [7, 11) is 1.55. The van der Waals surface area contributed by atoms with Crippen LogP contribution in [-0.4, -0.2) is 29.2 Å². The number of hydrogen-bond acceptors (Lipinski definition) is 8. The molecule has 0 amide bonds. The first-order valence-electron chi connectivity index (χ1n) is 10.5. The highest BCUT2D eigenvalue weighted by atomic mass is 32.1. The maximum absolute atomic E-state index is 13.6. The van der Waals surface area contributed by atoms with E-state index in [-0.39, 0.29) is 23.4 Å². The molecule has 3 aromatic rings. The molecule has 1 aliphatic rings. The number of allylic oxidation sites excluding steroid dienone is 1. The number of fused-ring (bicyclic) bond motifs is 1. The Morgan fingerprint density at radius 2 is 2.03 bits per heavy atom. The number of methoxy groups -OCH3 is 1. The van der Waals surface area contributed by atoms with Crippen molar-refractivity contribution in [1.82, 2.24) is 4.57 Å². The van der Waals surface area contributed by atoms with Crippen molar-refractivity contribution in [2.24, 2.45) is 4.99 Å². The molecule has 0 aliphatic carbocycles. The second-order valence-corrected chi connectivity index (χ2v) is 8.60. The predicted molar refractivity (Wildman–Crippen MR) is 131 cm³/mol. The highest BCUT2D eigenvalue weighted by molar-refractivity contribution is 7.07. The summed E-state index contributed by atoms with van der Waals surface area (Å²) in [5, 5.41) is 11.1. The van der Waals surface area contributed by atoms with Crippen LogP contribution < -0.4 is 19.6 Å². The van der Waals surface area contributed by atoms with Crippen LogP contribution in [0, 0.1) is 10.1 Å². The Morgan fingerprint density at radius 1 is 1.29 bits per heavy atom. The molecule has 2 heterocycles. The standard InChI is InChI=1S/C25H21N3O6S/c1-4-12-34-24(30)21-15(2)26-25-27(22(21)17-8-10-19(33-3)11-9-17)23(29)20(35-25)14-16-6-5-7-18(13-16)28(31)32/h4-11,13-14,22H,1,12H2,2-3H3. The van der Waals surface area contributed by atoms with Crippen LogP contribution in [0.1, 0.15) is 24.1 Å². The van der Waals surface area contributed by atoms with E-state index in [4.69, 9.17) is 9.47 Å². The van der Waals surface area contributed by atoms with E-state index in [2.05, 4.69) is 11.6 Å². The van der Waals surface area contributed by atoms with Crippen LogP contribution >= 0.6 is 11.3 Å². The first kappa shape index (κ1) is 23.8. The zero-order chi connectivity index (χ0) is 25.1. The van der Waals surface area contributed by atoms with Crippen LogP contribution in [0.3, 0.4) is 0 Å². The van der Waals surface area contributed by atoms with Crippen LogP contribution in [0.2, 0.25) is 0 Å². The first-order valence-corrected chi connectivity index (χ1v) is 11.3. The summed E-state index contributed by atoms with van der Waals surface area (Å²) in [6.07, 6.45) is 3.04. The molecule has 1 aromatic heterocycles. The van der Waals surface area contributed by atoms with Gasteiger partial charge >= 0.3 is 5.97 Å². The summed E-state index contributed by atoms with van der Waals surface area (Å²) < 4.78 is 12.3. The maximum Gasteiger partial charge on any atom is 0.338 e. The number of carbonyl (C=O) groups is 1. The van der Waals surface area contributed by atoms with Gasteiger partial charge < -0.3 is 9.47 Å². The molecule has 1 aliphatic heterocycles. The van der Waals surface area contributed by atoms with Crippen LogP contribution in [0.25, 0.3) is 6.08 Å². The van der Waals surface area contributed by atoms with Gasteiger partial charge in [0.05, 0.1) is 33.9 Å². The van der Waals surface area contributed by atoms with E-state index >= 15 is 0 Å². The molecule has 1 unspecified atom stereocenters. The lowest BCUT2D eigenvalue weighted by Crippen LogP contribution is -2.39. The van der Waals surface area contributed by atoms with E-state index < -0.39 is 16.9 Å². The van der Waals surface area contributed by atoms with Crippen LogP contribution in [0.5, 0.6) is 5.75 Å². The molecule has 2 aromatic carbocycles. The highest BCUT2D eigenvalue weighted by Gasteiger charge is 2.33. The van der Waals surface area contributed by atoms with E-state index in [1.54, 1.807) is 56.5 Å². The molecule has 0 bridgehead atoms. The third-order valence-electron chi connectivity index (χ3n) is 5.38. The van der Waals surface area contributed by atoms with Crippen LogP contribution in [0.15, 0.2) is 82.2 Å². The van der Waals surface area contributed by atoms with Crippen molar-refractivity contribution in [1.29, 1.82) is 0 Å². The van der Waals surface area contributed by atoms with Gasteiger partial charge in [-0.05, 0) is 36.3 Å². The van der Waals surface area contributed by atoms with E-state index in [0.29, 0.717) is 31.9 Å². The molecule has 9 nitrogen and oxygen atoms in total. The van der Waals surface area contributed by atoms with Crippen molar-refractivity contribution >= 4 is 29.1 Å². The van der Waals surface area contributed by atoms with E-state index in [0.717, 1.165) is 11.3 Å². The minimum absolute atomic E-state index is 0.0160. The van der Waals surface area contributed by atoms with Crippen LogP contribution in [0.4, 0.5) is 5.69 Å². The molecule has 0 radical (unpaired) electrons. The molecule has 4 rings (SSSR count). The summed E-state index contributed by atoms with van der Waals surface area (Å²) in [6.45, 7) is 5.28. The molecule has 35 heavy (non-hydrogen) atoms. The number of nitro groups is 1. The summed E-state index contributed by atoms with van der Waals surface area (Å²) in [5.41, 5.74) is 1.41. The average molecular weight is 492 g/mol. The Balaban J connectivity index is 1.91. The van der Waals surface area contributed by atoms with E-state index in [1.807, 2.05) is 0 Å². The van der Waals surface area contributed by atoms with Gasteiger partial charge in [0.15, 0.2) is 4.80 Å². The topological polar surface area (TPSA) is 113 Å². The zero-order valence-corrected chi connectivity index (χ0v) is 19.8. The molecule has 1 atom stereocenters. The molecule has 0 fully saturated rings. The largest absolute Gasteiger partial charge is 0.497 e. The fraction of sp³-hybridized carbons (Fsp3) is 0.160. The fourth-order valence-corrected chi connectivity index (χ4v) is 4.82. The lowest BCUT2D eigenvalue weighted by Gasteiger charge is -2.24. The number of benzene rings is 2. The average Bonchev–Trinajstić information content (AvgIpc) is 3.16. The molecule has 0 saturated carbocycles. The van der Waals surface area contributed by atoms with Crippen molar-refractivity contribution < 1.29 is 19.2 Å². The van der Waals surface area contributed by atoms with Crippen molar-refractivity contribution in [3.63, 3.8) is 0 Å². The van der Waals surface area contributed by atoms with Gasteiger partial charge in [-0.25, -0.2) is 9.79 Å². The van der Waals surface area contributed by atoms with Gasteiger partial charge in [0.2, 0.25) is 0 Å². The number of hydrogen-bond donors (Lipinski definition) is 0. The molecule has 0 spiro atoms. The molecule has 178 valence electrons. The minimum atomic E-state index is -0.776. The summed E-state index contributed by atoms with van der Waals surface area (Å²) in [6, 6.07) is 12.3. The number of esters is 1. The first-order chi connectivity index (χ1) is 16.8. The number of aromatic nitrogens is 1. The Labute approximate surface area is 203 Å². The molecular weight excluding hydrogens is 470 g/mol. The van der Waals surface area contributed by atoms with Crippen LogP contribution in [-0.2, 0) is 9.53 Å². The van der Waals surface area contributed by atoms with Crippen molar-refractivity contribution in [2.75, 3.05) is 13.7 Å². The highest BCUT2D eigenvalue weighted by Crippen LogP contribution is 2.31. The minimum Gasteiger partial charge on any atom is -0.497 e. The quantitative estimate of drug-likeness (QED) is 0.217. The normalized spacial score (nSPS) is 15.3. The van der Waals surface area contributed by atoms with Gasteiger partial charge in [-0.15, -0.1) is 0 Å². The summed E-state index contributed by atoms with van der Waals surface area (Å²) >= 11 is 1.14. The van der Waals surface area contributed by atoms with Crippen molar-refractivity contribution in [3.05, 3.63) is 113 Å². The Morgan fingerprint density at radius 3 is 2.69 bits per heavy atom. The van der Waals surface area contributed by atoms with Gasteiger partial charge in [-0.2, -0.15) is 0 Å². The third kappa shape index (κ3) is 4.69. The fourth-order valence-electron chi connectivity index (χ4n) is 3.78. The lowest BCUT2D eigenvalue weighted by molar-refractivity contribution is -0.384. The van der Waals surface area contributed by atoms with Crippen molar-refractivity contribution in [3.8, 4) is 5.75 Å². The number of nitro benzene ring substituents is 1. The van der Waals surface area contributed by atoms with Gasteiger partial charge in [-0.1, -0.05) is 48.3 Å². The Hall–Kier alpha value is -4.31. The van der Waals surface area contributed by atoms with E-state index in [9.17, 15) is 19.7 Å². The Bertz CT molecular complexity index is 1530. The molecule has 0 saturated heterocycles. The summed E-state index contributed by atoms with van der Waals surface area (Å²) in [5.74, 6) is 0.0308. The molecular formula is C25H21N3O6S. The maximum atomic E-state index is 13.6. The number of ether oxygens (including phenoxy) is 2. The number of rotatable bonds is 7. The second-order valence-electron chi connectivity index (χ2n) is 7.59. The monoisotopic (exact) mass is 491 g/mol. The number of nitrogens with zero attached hydrogens (tertiary/aromatic N) is 3. The third-order valence-corrected chi connectivity index (χ3v) is 6.37. The lowest BCUT2D eigenvalue weighted by atomic mass is 9.96. The van der Waals surface area contributed by atoms with Gasteiger partial charge in [-0.3, -0.25) is 19.5 Å². The van der Waals surface area contributed by atoms with Crippen molar-refractivity contribution in [2.45, 2.75) is 13.0 Å². The van der Waals surface area contributed by atoms with Gasteiger partial charge in [0.25, 0.3) is 11.2 Å². The van der Waals surface area contributed by atoms with Gasteiger partial charge in [0.1, 0.15) is 12.4 Å². The smallest absolute Gasteiger partial charge is 0.338 e. The SMILES string of the molecule is C=CCOC(=O)C1=C(C)N=c2sc(=Cc3cccc([N+](=O)[O-])c3)c(=O)n2C1c1ccc(OC)cc1. The predicted octanol–water partition coefficient (Wildman–Crippen LogP) is 2.88. The number of carbonyl (C=O) groups excluding carboxylic acids is 1. The molecule has 0 N–H and O–H groups in total. The Kier molecular flexibility index (Phi) is 6.74. The summed E-state index contributed by atoms with van der Waals surface area (Å²) in [4.78, 5) is 42.1. The van der Waals surface area contributed by atoms with E-state index in [1.165, 1.54) is 22.8 Å². The molecule has 10 heteroatoms. The number of thiazole rings is 1. The van der Waals surface area contributed by atoms with Gasteiger partial charge in [0, 0.05) is 12.1 Å². The zero-order valence-electron chi connectivity index (χ0n) is 19.0. The second kappa shape index (κ2) is 9.90. The number of non-ortho nitro benzene ring substituents is 1.